The van der Waals surface area contributed by atoms with Gasteiger partial charge in [-0.1, -0.05) is 30.3 Å². The molecule has 3 heteroatoms. The maximum absolute atomic E-state index is 4.31. The summed E-state index contributed by atoms with van der Waals surface area (Å²) in [5.74, 6) is 0. The normalized spacial score (nSPS) is 22.7. The lowest BCUT2D eigenvalue weighted by Crippen LogP contribution is -2.43. The van der Waals surface area contributed by atoms with Gasteiger partial charge in [-0.25, -0.2) is 0 Å². The molecule has 1 saturated heterocycles. The number of hydrogen-bond acceptors (Lipinski definition) is 3. The zero-order valence-electron chi connectivity index (χ0n) is 10.8. The van der Waals surface area contributed by atoms with E-state index in [2.05, 4.69) is 51.3 Å². The first-order valence-electron chi connectivity index (χ1n) is 6.90. The number of likely N-dealkylation sites (tertiary alicyclic amines) is 1. The molecular formula is C15H21N3. The Bertz CT molecular complexity index is 385. The number of hydrogen-bond donors (Lipinski definition) is 0. The van der Waals surface area contributed by atoms with Crippen LogP contribution in [0.2, 0.25) is 0 Å². The highest BCUT2D eigenvalue weighted by atomic mass is 15.3. The quantitative estimate of drug-likeness (QED) is 0.808. The minimum atomic E-state index is 0.750. The average molecular weight is 243 g/mol. The fourth-order valence-electron chi connectivity index (χ4n) is 2.93. The van der Waals surface area contributed by atoms with Crippen molar-refractivity contribution in [1.29, 1.82) is 0 Å². The van der Waals surface area contributed by atoms with Crippen LogP contribution in [-0.4, -0.2) is 48.4 Å². The molecule has 0 radical (unpaired) electrons. The van der Waals surface area contributed by atoms with Gasteiger partial charge >= 0.3 is 0 Å². The molecule has 3 nitrogen and oxygen atoms in total. The standard InChI is InChI=1S/C15H21N3/c1-2-4-14(5-3-1)12-17-9-6-15(7-10-17)18-11-8-16-13-18/h1-5,8,15H,6-7,9-13H2. The summed E-state index contributed by atoms with van der Waals surface area (Å²) in [7, 11) is 0. The van der Waals surface area contributed by atoms with E-state index in [-0.39, 0.29) is 0 Å². The third kappa shape index (κ3) is 2.79. The predicted octanol–water partition coefficient (Wildman–Crippen LogP) is 1.99. The minimum absolute atomic E-state index is 0.750. The Hall–Kier alpha value is -1.19. The first-order valence-corrected chi connectivity index (χ1v) is 6.90. The Kier molecular flexibility index (Phi) is 3.72. The lowest BCUT2D eigenvalue weighted by molar-refractivity contribution is 0.124. The van der Waals surface area contributed by atoms with Gasteiger partial charge in [0, 0.05) is 25.3 Å². The molecule has 0 amide bonds. The van der Waals surface area contributed by atoms with Gasteiger partial charge in [0.25, 0.3) is 0 Å². The van der Waals surface area contributed by atoms with E-state index in [0.717, 1.165) is 25.8 Å². The third-order valence-electron chi connectivity index (χ3n) is 4.03. The van der Waals surface area contributed by atoms with Crippen LogP contribution < -0.4 is 0 Å². The van der Waals surface area contributed by atoms with Crippen LogP contribution >= 0.6 is 0 Å². The molecule has 1 aromatic rings. The molecule has 3 rings (SSSR count). The summed E-state index contributed by atoms with van der Waals surface area (Å²) in [5, 5.41) is 0. The number of nitrogens with zero attached hydrogens (tertiary/aromatic N) is 3. The number of aliphatic imine (C=N–C) groups is 1. The molecule has 0 atom stereocenters. The molecule has 0 saturated carbocycles. The Balaban J connectivity index is 1.48. The van der Waals surface area contributed by atoms with Crippen molar-refractivity contribution < 1.29 is 0 Å². The second-order valence-corrected chi connectivity index (χ2v) is 5.27. The summed E-state index contributed by atoms with van der Waals surface area (Å²) in [6.07, 6.45) is 4.63. The minimum Gasteiger partial charge on any atom is -0.299 e. The van der Waals surface area contributed by atoms with Crippen molar-refractivity contribution in [3.05, 3.63) is 35.9 Å². The smallest absolute Gasteiger partial charge is 0.0911 e. The van der Waals surface area contributed by atoms with Gasteiger partial charge in [0.2, 0.25) is 0 Å². The number of piperidine rings is 1. The molecule has 1 aromatic carbocycles. The summed E-state index contributed by atoms with van der Waals surface area (Å²) < 4.78 is 0. The van der Waals surface area contributed by atoms with E-state index in [4.69, 9.17) is 0 Å². The van der Waals surface area contributed by atoms with Gasteiger partial charge in [0.15, 0.2) is 0 Å². The lowest BCUT2D eigenvalue weighted by Gasteiger charge is -2.36. The Morgan fingerprint density at radius 3 is 2.56 bits per heavy atom. The SMILES string of the molecule is C1=NCN(C2CCN(Cc3ccccc3)CC2)C1. The van der Waals surface area contributed by atoms with Crippen LogP contribution in [0, 0.1) is 0 Å². The topological polar surface area (TPSA) is 18.8 Å². The number of benzene rings is 1. The molecule has 1 fully saturated rings. The molecule has 0 aromatic heterocycles. The summed E-state index contributed by atoms with van der Waals surface area (Å²) in [6, 6.07) is 11.5. The van der Waals surface area contributed by atoms with Gasteiger partial charge in [0.1, 0.15) is 0 Å². The van der Waals surface area contributed by atoms with Gasteiger partial charge in [-0.05, 0) is 31.5 Å². The van der Waals surface area contributed by atoms with Crippen molar-refractivity contribution in [2.45, 2.75) is 25.4 Å². The molecule has 0 spiro atoms. The second kappa shape index (κ2) is 5.63. The largest absolute Gasteiger partial charge is 0.299 e. The molecule has 96 valence electrons. The molecule has 0 aliphatic carbocycles. The fourth-order valence-corrected chi connectivity index (χ4v) is 2.93. The van der Waals surface area contributed by atoms with E-state index in [1.54, 1.807) is 0 Å². The van der Waals surface area contributed by atoms with Gasteiger partial charge in [-0.2, -0.15) is 0 Å². The number of rotatable bonds is 3. The Morgan fingerprint density at radius 1 is 1.11 bits per heavy atom. The first-order chi connectivity index (χ1) is 8.92. The summed E-state index contributed by atoms with van der Waals surface area (Å²) in [6.45, 7) is 5.52. The summed E-state index contributed by atoms with van der Waals surface area (Å²) in [4.78, 5) is 9.39. The molecule has 0 unspecified atom stereocenters. The van der Waals surface area contributed by atoms with Crippen molar-refractivity contribution in [2.24, 2.45) is 4.99 Å². The van der Waals surface area contributed by atoms with E-state index >= 15 is 0 Å². The van der Waals surface area contributed by atoms with Gasteiger partial charge in [-0.3, -0.25) is 14.8 Å². The third-order valence-corrected chi connectivity index (χ3v) is 4.03. The van der Waals surface area contributed by atoms with Gasteiger partial charge < -0.3 is 0 Å². The Labute approximate surface area is 109 Å². The van der Waals surface area contributed by atoms with Crippen LogP contribution in [0.15, 0.2) is 35.3 Å². The van der Waals surface area contributed by atoms with E-state index in [1.165, 1.54) is 31.5 Å². The molecule has 0 N–H and O–H groups in total. The molecular weight excluding hydrogens is 222 g/mol. The highest BCUT2D eigenvalue weighted by molar-refractivity contribution is 5.61. The van der Waals surface area contributed by atoms with Crippen molar-refractivity contribution in [3.8, 4) is 0 Å². The van der Waals surface area contributed by atoms with Crippen LogP contribution in [-0.2, 0) is 6.54 Å². The van der Waals surface area contributed by atoms with E-state index in [1.807, 2.05) is 0 Å². The van der Waals surface area contributed by atoms with Crippen LogP contribution in [0.5, 0.6) is 0 Å². The summed E-state index contributed by atoms with van der Waals surface area (Å²) in [5.41, 5.74) is 1.43. The first kappa shape index (κ1) is 11.9. The molecule has 0 bridgehead atoms. The van der Waals surface area contributed by atoms with Crippen molar-refractivity contribution in [3.63, 3.8) is 0 Å². The highest BCUT2D eigenvalue weighted by Gasteiger charge is 2.25. The van der Waals surface area contributed by atoms with Crippen LogP contribution in [0.4, 0.5) is 0 Å². The highest BCUT2D eigenvalue weighted by Crippen LogP contribution is 2.19. The average Bonchev–Trinajstić information content (AvgIpc) is 2.95. The van der Waals surface area contributed by atoms with E-state index in [0.29, 0.717) is 0 Å². The van der Waals surface area contributed by atoms with Crippen molar-refractivity contribution in [2.75, 3.05) is 26.3 Å². The monoisotopic (exact) mass is 243 g/mol. The molecule has 18 heavy (non-hydrogen) atoms. The molecule has 2 heterocycles. The molecule has 2 aliphatic rings. The fraction of sp³-hybridized carbons (Fsp3) is 0.533. The van der Waals surface area contributed by atoms with Crippen LogP contribution in [0.25, 0.3) is 0 Å². The zero-order chi connectivity index (χ0) is 12.2. The van der Waals surface area contributed by atoms with E-state index < -0.39 is 0 Å². The maximum atomic E-state index is 4.31. The lowest BCUT2D eigenvalue weighted by atomic mass is 10.0. The second-order valence-electron chi connectivity index (χ2n) is 5.27. The van der Waals surface area contributed by atoms with Crippen LogP contribution in [0.1, 0.15) is 18.4 Å². The predicted molar refractivity (Wildman–Crippen MR) is 74.8 cm³/mol. The van der Waals surface area contributed by atoms with Crippen molar-refractivity contribution in [1.82, 2.24) is 9.80 Å². The van der Waals surface area contributed by atoms with E-state index in [9.17, 15) is 0 Å². The zero-order valence-corrected chi connectivity index (χ0v) is 10.8. The van der Waals surface area contributed by atoms with Crippen LogP contribution in [0.3, 0.4) is 0 Å². The van der Waals surface area contributed by atoms with Gasteiger partial charge in [-0.15, -0.1) is 0 Å². The summed E-state index contributed by atoms with van der Waals surface area (Å²) >= 11 is 0. The maximum Gasteiger partial charge on any atom is 0.0911 e. The van der Waals surface area contributed by atoms with Gasteiger partial charge in [0.05, 0.1) is 6.67 Å². The van der Waals surface area contributed by atoms with Crippen molar-refractivity contribution >= 4 is 6.21 Å². The molecule has 2 aliphatic heterocycles. The Morgan fingerprint density at radius 2 is 1.89 bits per heavy atom.